The first-order valence-electron chi connectivity index (χ1n) is 7.06. The fourth-order valence-electron chi connectivity index (χ4n) is 3.69. The first kappa shape index (κ1) is 15.6. The molecule has 4 N–H and O–H groups in total. The second-order valence-corrected chi connectivity index (χ2v) is 7.05. The van der Waals surface area contributed by atoms with E-state index in [4.69, 9.17) is 5.73 Å². The molecule has 0 atom stereocenters. The zero-order valence-corrected chi connectivity index (χ0v) is 12.9. The summed E-state index contributed by atoms with van der Waals surface area (Å²) in [5.41, 5.74) is 4.95. The number of rotatable bonds is 1. The number of pyridine rings is 1. The second-order valence-electron chi connectivity index (χ2n) is 7.05. The molecule has 0 unspecified atom stereocenters. The van der Waals surface area contributed by atoms with E-state index < -0.39 is 16.6 Å². The molecule has 1 aromatic rings. The summed E-state index contributed by atoms with van der Waals surface area (Å²) in [5, 5.41) is 9.50. The Morgan fingerprint density at radius 2 is 1.81 bits per heavy atom. The highest BCUT2D eigenvalue weighted by molar-refractivity contribution is 5.95. The Morgan fingerprint density at radius 3 is 2.29 bits per heavy atom. The SMILES string of the molecule is CC1(C)CC(N)CC(C)(C)N1C(=O)c1cc(O)[nH]c(=O)c1. The topological polar surface area (TPSA) is 99.4 Å². The summed E-state index contributed by atoms with van der Waals surface area (Å²) in [6, 6.07) is 2.53. The van der Waals surface area contributed by atoms with Gasteiger partial charge in [-0.1, -0.05) is 0 Å². The summed E-state index contributed by atoms with van der Waals surface area (Å²) in [6.07, 6.45) is 1.38. The lowest BCUT2D eigenvalue weighted by molar-refractivity contribution is -0.0172. The maximum absolute atomic E-state index is 12.9. The van der Waals surface area contributed by atoms with Crippen LogP contribution in [0, 0.1) is 0 Å². The number of nitrogens with two attached hydrogens (primary N) is 1. The molecule has 0 aromatic carbocycles. The molecule has 1 aliphatic rings. The van der Waals surface area contributed by atoms with Crippen molar-refractivity contribution < 1.29 is 9.90 Å². The Kier molecular flexibility index (Phi) is 3.61. The summed E-state index contributed by atoms with van der Waals surface area (Å²) in [6.45, 7) is 7.88. The van der Waals surface area contributed by atoms with Crippen LogP contribution in [0.15, 0.2) is 16.9 Å². The molecule has 1 fully saturated rings. The lowest BCUT2D eigenvalue weighted by atomic mass is 9.77. The van der Waals surface area contributed by atoms with Crippen molar-refractivity contribution in [2.45, 2.75) is 57.7 Å². The first-order valence-corrected chi connectivity index (χ1v) is 7.06. The molecule has 1 saturated heterocycles. The third-order valence-electron chi connectivity index (χ3n) is 4.01. The van der Waals surface area contributed by atoms with Gasteiger partial charge in [0.05, 0.1) is 5.56 Å². The van der Waals surface area contributed by atoms with E-state index in [2.05, 4.69) is 4.98 Å². The van der Waals surface area contributed by atoms with Gasteiger partial charge in [0.25, 0.3) is 11.5 Å². The number of carbonyl (C=O) groups is 1. The average molecular weight is 293 g/mol. The molecule has 0 saturated carbocycles. The number of hydrogen-bond acceptors (Lipinski definition) is 4. The molecule has 1 aromatic heterocycles. The number of carbonyl (C=O) groups excluding carboxylic acids is 1. The molecule has 0 radical (unpaired) electrons. The van der Waals surface area contributed by atoms with E-state index in [1.165, 1.54) is 12.1 Å². The molecule has 2 rings (SSSR count). The normalized spacial score (nSPS) is 21.3. The number of amides is 1. The minimum atomic E-state index is -0.498. The van der Waals surface area contributed by atoms with Crippen molar-refractivity contribution in [1.29, 1.82) is 0 Å². The molecule has 0 aliphatic carbocycles. The third kappa shape index (κ3) is 2.95. The summed E-state index contributed by atoms with van der Waals surface area (Å²) >= 11 is 0. The van der Waals surface area contributed by atoms with Crippen molar-refractivity contribution in [3.8, 4) is 5.88 Å². The van der Waals surface area contributed by atoms with Gasteiger partial charge in [-0.3, -0.25) is 14.6 Å². The van der Waals surface area contributed by atoms with E-state index in [9.17, 15) is 14.7 Å². The van der Waals surface area contributed by atoms with Crippen molar-refractivity contribution in [2.24, 2.45) is 5.73 Å². The van der Waals surface area contributed by atoms with Crippen LogP contribution >= 0.6 is 0 Å². The number of piperidine rings is 1. The van der Waals surface area contributed by atoms with E-state index >= 15 is 0 Å². The van der Waals surface area contributed by atoms with Crippen LogP contribution in [0.5, 0.6) is 5.88 Å². The van der Waals surface area contributed by atoms with Crippen molar-refractivity contribution in [3.05, 3.63) is 28.0 Å². The molecular weight excluding hydrogens is 270 g/mol. The Balaban J connectivity index is 2.47. The third-order valence-corrected chi connectivity index (χ3v) is 4.01. The largest absolute Gasteiger partial charge is 0.494 e. The van der Waals surface area contributed by atoms with Crippen molar-refractivity contribution in [3.63, 3.8) is 0 Å². The van der Waals surface area contributed by atoms with E-state index in [0.717, 1.165) is 0 Å². The summed E-state index contributed by atoms with van der Waals surface area (Å²) in [7, 11) is 0. The summed E-state index contributed by atoms with van der Waals surface area (Å²) < 4.78 is 0. The fourth-order valence-corrected chi connectivity index (χ4v) is 3.69. The molecule has 2 heterocycles. The number of nitrogens with one attached hydrogen (secondary N) is 1. The minimum Gasteiger partial charge on any atom is -0.494 e. The Hall–Kier alpha value is -1.82. The number of H-pyrrole nitrogens is 1. The zero-order chi connectivity index (χ0) is 16.0. The van der Waals surface area contributed by atoms with Gasteiger partial charge in [-0.05, 0) is 40.5 Å². The molecule has 116 valence electrons. The van der Waals surface area contributed by atoms with E-state index in [1.54, 1.807) is 4.90 Å². The van der Waals surface area contributed by atoms with E-state index in [0.29, 0.717) is 12.8 Å². The second kappa shape index (κ2) is 4.87. The van der Waals surface area contributed by atoms with Crippen LogP contribution in [0.25, 0.3) is 0 Å². The van der Waals surface area contributed by atoms with Crippen molar-refractivity contribution in [1.82, 2.24) is 9.88 Å². The van der Waals surface area contributed by atoms with Gasteiger partial charge in [0, 0.05) is 29.3 Å². The predicted molar refractivity (Wildman–Crippen MR) is 80.3 cm³/mol. The van der Waals surface area contributed by atoms with Crippen LogP contribution in [0.1, 0.15) is 50.9 Å². The van der Waals surface area contributed by atoms with Crippen LogP contribution in [-0.4, -0.2) is 38.0 Å². The first-order chi connectivity index (χ1) is 9.53. The fraction of sp³-hybridized carbons (Fsp3) is 0.600. The van der Waals surface area contributed by atoms with Crippen molar-refractivity contribution >= 4 is 5.91 Å². The average Bonchev–Trinajstić information content (AvgIpc) is 2.22. The predicted octanol–water partition coefficient (Wildman–Crippen LogP) is 1.20. The highest BCUT2D eigenvalue weighted by Gasteiger charge is 2.47. The van der Waals surface area contributed by atoms with Gasteiger partial charge in [0.15, 0.2) is 5.88 Å². The number of aromatic amines is 1. The van der Waals surface area contributed by atoms with E-state index in [1.807, 2.05) is 27.7 Å². The smallest absolute Gasteiger partial charge is 0.255 e. The minimum absolute atomic E-state index is 0.0339. The Morgan fingerprint density at radius 1 is 1.29 bits per heavy atom. The van der Waals surface area contributed by atoms with Gasteiger partial charge >= 0.3 is 0 Å². The number of aromatic hydroxyl groups is 1. The molecule has 1 aliphatic heterocycles. The molecule has 1 amide bonds. The monoisotopic (exact) mass is 293 g/mol. The number of aromatic nitrogens is 1. The lowest BCUT2D eigenvalue weighted by Gasteiger charge is -2.54. The van der Waals surface area contributed by atoms with Gasteiger partial charge < -0.3 is 15.7 Å². The zero-order valence-electron chi connectivity index (χ0n) is 12.9. The molecule has 6 nitrogen and oxygen atoms in total. The van der Waals surface area contributed by atoms with Crippen LogP contribution in [0.3, 0.4) is 0 Å². The number of likely N-dealkylation sites (tertiary alicyclic amines) is 1. The number of hydrogen-bond donors (Lipinski definition) is 3. The Labute approximate surface area is 124 Å². The Bertz CT molecular complexity index is 601. The van der Waals surface area contributed by atoms with Crippen LogP contribution in [0.2, 0.25) is 0 Å². The molecular formula is C15H23N3O3. The van der Waals surface area contributed by atoms with Gasteiger partial charge in [-0.25, -0.2) is 0 Å². The van der Waals surface area contributed by atoms with Crippen molar-refractivity contribution in [2.75, 3.05) is 0 Å². The van der Waals surface area contributed by atoms with Crippen LogP contribution in [-0.2, 0) is 0 Å². The standard InChI is InChI=1S/C15H23N3O3/c1-14(2)7-10(16)8-15(3,4)18(14)13(21)9-5-11(19)17-12(20)6-9/h5-6,10H,7-8,16H2,1-4H3,(H2,17,19,20). The molecule has 21 heavy (non-hydrogen) atoms. The molecule has 6 heteroatoms. The van der Waals surface area contributed by atoms with Gasteiger partial charge in [0.2, 0.25) is 0 Å². The summed E-state index contributed by atoms with van der Waals surface area (Å²) in [4.78, 5) is 28.3. The van der Waals surface area contributed by atoms with Gasteiger partial charge in [-0.15, -0.1) is 0 Å². The maximum Gasteiger partial charge on any atom is 0.255 e. The quantitative estimate of drug-likeness (QED) is 0.724. The van der Waals surface area contributed by atoms with E-state index in [-0.39, 0.29) is 23.4 Å². The highest BCUT2D eigenvalue weighted by atomic mass is 16.3. The molecule has 0 spiro atoms. The maximum atomic E-state index is 12.9. The lowest BCUT2D eigenvalue weighted by Crippen LogP contribution is -2.65. The van der Waals surface area contributed by atoms with Gasteiger partial charge in [0.1, 0.15) is 0 Å². The summed E-state index contributed by atoms with van der Waals surface area (Å²) in [5.74, 6) is -0.575. The van der Waals surface area contributed by atoms with Crippen LogP contribution in [0.4, 0.5) is 0 Å². The van der Waals surface area contributed by atoms with Gasteiger partial charge in [-0.2, -0.15) is 0 Å². The highest BCUT2D eigenvalue weighted by Crippen LogP contribution is 2.38. The number of nitrogens with zero attached hydrogens (tertiary/aromatic N) is 1. The van der Waals surface area contributed by atoms with Crippen LogP contribution < -0.4 is 11.3 Å². The molecule has 0 bridgehead atoms.